The Kier molecular flexibility index (Phi) is 17.3. The van der Waals surface area contributed by atoms with Crippen LogP contribution >= 0.6 is 15.8 Å². The number of benzene rings is 4. The Morgan fingerprint density at radius 1 is 0.548 bits per heavy atom. The Hall–Kier alpha value is -2.70. The van der Waals surface area contributed by atoms with Crippen LogP contribution in [0, 0.1) is 0 Å². The minimum Gasteiger partial charge on any atom is -0.550 e. The average molecular weight is 694 g/mol. The maximum Gasteiger partial charge on any atom is 2.00 e. The standard InChI is InChI=1S/C30H33NP2.2C2H4O2.Pd/c1-30(2,3)31(24-32(26-16-8-4-9-17-26)27-18-10-5-11-19-27)25-33(28-20-12-6-13-21-28)29-22-14-7-15-23-29;2*1-2(3)4;/h4-23H,24-25H2,1-3H3;2*1H3,(H,3,4);/q;;;+2/p-2. The van der Waals surface area contributed by atoms with Gasteiger partial charge in [-0.05, 0) is 71.7 Å². The molecule has 42 heavy (non-hydrogen) atoms. The van der Waals surface area contributed by atoms with Crippen LogP contribution in [0.2, 0.25) is 0 Å². The van der Waals surface area contributed by atoms with E-state index in [4.69, 9.17) is 19.8 Å². The number of rotatable bonds is 8. The fraction of sp³-hybridized carbons (Fsp3) is 0.235. The van der Waals surface area contributed by atoms with E-state index in [-0.39, 0.29) is 26.0 Å². The summed E-state index contributed by atoms with van der Waals surface area (Å²) >= 11 is 0. The number of hydrogen-bond donors (Lipinski definition) is 0. The quantitative estimate of drug-likeness (QED) is 0.207. The van der Waals surface area contributed by atoms with E-state index in [1.54, 1.807) is 0 Å². The summed E-state index contributed by atoms with van der Waals surface area (Å²) in [5.41, 5.74) is 0.0638. The zero-order valence-electron chi connectivity index (χ0n) is 24.8. The van der Waals surface area contributed by atoms with Crippen molar-refractivity contribution in [3.8, 4) is 0 Å². The molecule has 0 aliphatic rings. The molecule has 0 heterocycles. The molecule has 4 aromatic carbocycles. The van der Waals surface area contributed by atoms with Gasteiger partial charge in [-0.1, -0.05) is 121 Å². The van der Waals surface area contributed by atoms with E-state index >= 15 is 0 Å². The van der Waals surface area contributed by atoms with Gasteiger partial charge in [0.1, 0.15) is 0 Å². The Balaban J connectivity index is 0.000000873. The van der Waals surface area contributed by atoms with Crippen molar-refractivity contribution < 1.29 is 40.2 Å². The molecule has 0 saturated carbocycles. The van der Waals surface area contributed by atoms with Crippen LogP contribution in [0.25, 0.3) is 0 Å². The molecule has 0 spiro atoms. The van der Waals surface area contributed by atoms with E-state index in [1.165, 1.54) is 21.2 Å². The molecule has 0 saturated heterocycles. The van der Waals surface area contributed by atoms with E-state index in [0.717, 1.165) is 26.4 Å². The molecule has 0 radical (unpaired) electrons. The number of carboxylic acids is 2. The minimum atomic E-state index is -1.08. The second-order valence-electron chi connectivity index (χ2n) is 10.2. The molecular formula is C34H39NO4P2Pd. The molecular weight excluding hydrogens is 655 g/mol. The fourth-order valence-corrected chi connectivity index (χ4v) is 9.13. The summed E-state index contributed by atoms with van der Waals surface area (Å²) in [5, 5.41) is 23.5. The minimum absolute atomic E-state index is 0. The largest absolute Gasteiger partial charge is 2.00 e. The summed E-state index contributed by atoms with van der Waals surface area (Å²) in [5.74, 6) is -2.17. The van der Waals surface area contributed by atoms with Crippen LogP contribution in [0.3, 0.4) is 0 Å². The van der Waals surface area contributed by atoms with E-state index in [0.29, 0.717) is 0 Å². The van der Waals surface area contributed by atoms with Gasteiger partial charge in [0.25, 0.3) is 0 Å². The topological polar surface area (TPSA) is 83.5 Å². The van der Waals surface area contributed by atoms with Crippen LogP contribution in [0.15, 0.2) is 121 Å². The van der Waals surface area contributed by atoms with Gasteiger partial charge in [-0.2, -0.15) is 0 Å². The van der Waals surface area contributed by atoms with Crippen molar-refractivity contribution in [2.75, 3.05) is 12.6 Å². The zero-order chi connectivity index (χ0) is 30.3. The normalized spacial score (nSPS) is 10.6. The van der Waals surface area contributed by atoms with Crippen molar-refractivity contribution in [1.29, 1.82) is 0 Å². The summed E-state index contributed by atoms with van der Waals surface area (Å²) in [6.07, 6.45) is 2.09. The van der Waals surface area contributed by atoms with E-state index < -0.39 is 27.8 Å². The van der Waals surface area contributed by atoms with Gasteiger partial charge < -0.3 is 19.8 Å². The monoisotopic (exact) mass is 693 g/mol. The van der Waals surface area contributed by atoms with Crippen molar-refractivity contribution in [2.24, 2.45) is 0 Å². The van der Waals surface area contributed by atoms with Crippen molar-refractivity contribution >= 4 is 49.0 Å². The predicted molar refractivity (Wildman–Crippen MR) is 171 cm³/mol. The first-order valence-corrected chi connectivity index (χ1v) is 16.4. The van der Waals surface area contributed by atoms with Crippen molar-refractivity contribution in [1.82, 2.24) is 4.90 Å². The first kappa shape index (κ1) is 37.3. The van der Waals surface area contributed by atoms with E-state index in [2.05, 4.69) is 147 Å². The molecule has 224 valence electrons. The Morgan fingerprint density at radius 3 is 0.905 bits per heavy atom. The first-order chi connectivity index (χ1) is 19.5. The molecule has 0 bridgehead atoms. The number of carbonyl (C=O) groups is 2. The van der Waals surface area contributed by atoms with Gasteiger partial charge in [0.15, 0.2) is 0 Å². The van der Waals surface area contributed by atoms with Crippen molar-refractivity contribution in [3.05, 3.63) is 121 Å². The second kappa shape index (κ2) is 19.5. The Morgan fingerprint density at radius 2 is 0.738 bits per heavy atom. The molecule has 0 N–H and O–H groups in total. The first-order valence-electron chi connectivity index (χ1n) is 13.3. The smallest absolute Gasteiger partial charge is 0.550 e. The third-order valence-corrected chi connectivity index (χ3v) is 10.8. The van der Waals surface area contributed by atoms with Gasteiger partial charge >= 0.3 is 20.4 Å². The number of carbonyl (C=O) groups excluding carboxylic acids is 2. The SMILES string of the molecule is CC(=O)[O-].CC(=O)[O-].CC(C)(C)N(CP(c1ccccc1)c1ccccc1)CP(c1ccccc1)c1ccccc1.[Pd+2]. The van der Waals surface area contributed by atoms with Gasteiger partial charge in [-0.25, -0.2) is 0 Å². The number of hydrogen-bond acceptors (Lipinski definition) is 5. The zero-order valence-corrected chi connectivity index (χ0v) is 28.1. The van der Waals surface area contributed by atoms with Gasteiger partial charge in [0, 0.05) is 30.0 Å². The van der Waals surface area contributed by atoms with Crippen LogP contribution in [-0.4, -0.2) is 34.9 Å². The second-order valence-corrected chi connectivity index (χ2v) is 14.5. The molecule has 0 atom stereocenters. The number of aliphatic carboxylic acids is 2. The third-order valence-electron chi connectivity index (χ3n) is 5.84. The Labute approximate surface area is 267 Å². The molecule has 0 aromatic heterocycles. The van der Waals surface area contributed by atoms with Gasteiger partial charge in [-0.15, -0.1) is 0 Å². The average Bonchev–Trinajstić information content (AvgIpc) is 2.94. The Bertz CT molecular complexity index is 1120. The van der Waals surface area contributed by atoms with Crippen LogP contribution in [0.1, 0.15) is 34.6 Å². The molecule has 4 rings (SSSR count). The van der Waals surface area contributed by atoms with Crippen LogP contribution in [0.4, 0.5) is 0 Å². The summed E-state index contributed by atoms with van der Waals surface area (Å²) in [4.78, 5) is 20.5. The molecule has 0 unspecified atom stereocenters. The summed E-state index contributed by atoms with van der Waals surface area (Å²) in [6, 6.07) is 44.3. The number of nitrogens with zero attached hydrogens (tertiary/aromatic N) is 1. The molecule has 5 nitrogen and oxygen atoms in total. The molecule has 0 aliphatic carbocycles. The summed E-state index contributed by atoms with van der Waals surface area (Å²) in [7, 11) is -0.973. The van der Waals surface area contributed by atoms with Crippen molar-refractivity contribution in [2.45, 2.75) is 40.2 Å². The molecule has 0 aliphatic heterocycles. The van der Waals surface area contributed by atoms with Crippen LogP contribution < -0.4 is 31.4 Å². The maximum atomic E-state index is 8.89. The van der Waals surface area contributed by atoms with Gasteiger partial charge in [0.2, 0.25) is 0 Å². The fourth-order valence-electron chi connectivity index (χ4n) is 3.87. The van der Waals surface area contributed by atoms with Gasteiger partial charge in [0.05, 0.1) is 0 Å². The molecule has 0 fully saturated rings. The van der Waals surface area contributed by atoms with E-state index in [9.17, 15) is 0 Å². The van der Waals surface area contributed by atoms with Crippen LogP contribution in [0.5, 0.6) is 0 Å². The molecule has 0 amide bonds. The predicted octanol–water partition coefficient (Wildman–Crippen LogP) is 3.78. The molecule has 4 aromatic rings. The van der Waals surface area contributed by atoms with Crippen LogP contribution in [-0.2, 0) is 30.0 Å². The summed E-state index contributed by atoms with van der Waals surface area (Å²) < 4.78 is 0. The van der Waals surface area contributed by atoms with E-state index in [1.807, 2.05) is 0 Å². The number of carboxylic acid groups (broad SMARTS) is 2. The maximum absolute atomic E-state index is 8.89. The van der Waals surface area contributed by atoms with Crippen molar-refractivity contribution in [3.63, 3.8) is 0 Å². The van der Waals surface area contributed by atoms with Gasteiger partial charge in [-0.3, -0.25) is 4.90 Å². The third kappa shape index (κ3) is 14.0. The summed E-state index contributed by atoms with van der Waals surface area (Å²) in [6.45, 7) is 9.03. The molecule has 8 heteroatoms.